The van der Waals surface area contributed by atoms with Crippen LogP contribution in [0.3, 0.4) is 0 Å². The predicted octanol–water partition coefficient (Wildman–Crippen LogP) is 3.00. The highest BCUT2D eigenvalue weighted by molar-refractivity contribution is 5.84. The molecule has 0 saturated carbocycles. The summed E-state index contributed by atoms with van der Waals surface area (Å²) in [6, 6.07) is 5.74. The van der Waals surface area contributed by atoms with E-state index >= 15 is 0 Å². The Kier molecular flexibility index (Phi) is 4.08. The lowest BCUT2D eigenvalue weighted by atomic mass is 10.0. The largest absolute Gasteiger partial charge is 0.478 e. The molecule has 0 N–H and O–H groups in total. The van der Waals surface area contributed by atoms with Crippen molar-refractivity contribution in [1.82, 2.24) is 4.90 Å². The van der Waals surface area contributed by atoms with Crippen LogP contribution in [0.1, 0.15) is 33.1 Å². The van der Waals surface area contributed by atoms with Crippen LogP contribution >= 0.6 is 0 Å². The van der Waals surface area contributed by atoms with E-state index in [4.69, 9.17) is 4.74 Å². The van der Waals surface area contributed by atoms with E-state index in [2.05, 4.69) is 0 Å². The molecule has 0 unspecified atom stereocenters. The third-order valence-electron chi connectivity index (χ3n) is 3.34. The number of piperidine rings is 1. The maximum Gasteiger partial charge on any atom is 0.266 e. The first kappa shape index (κ1) is 13.8. The van der Waals surface area contributed by atoms with Crippen molar-refractivity contribution in [2.24, 2.45) is 0 Å². The molecule has 1 aromatic rings. The van der Waals surface area contributed by atoms with E-state index < -0.39 is 5.60 Å². The fraction of sp³-hybridized carbons (Fsp3) is 0.533. The van der Waals surface area contributed by atoms with Crippen LogP contribution in [-0.4, -0.2) is 29.5 Å². The monoisotopic (exact) mass is 265 g/mol. The third-order valence-corrected chi connectivity index (χ3v) is 3.34. The number of hydrogen-bond donors (Lipinski definition) is 0. The first-order chi connectivity index (χ1) is 8.99. The fourth-order valence-electron chi connectivity index (χ4n) is 2.32. The average molecular weight is 265 g/mol. The Bertz CT molecular complexity index is 436. The Balaban J connectivity index is 2.04. The van der Waals surface area contributed by atoms with Gasteiger partial charge in [0, 0.05) is 13.1 Å². The second-order valence-corrected chi connectivity index (χ2v) is 5.42. The molecule has 0 aromatic heterocycles. The van der Waals surface area contributed by atoms with Crippen LogP contribution in [0, 0.1) is 5.82 Å². The number of carbonyl (C=O) groups is 1. The normalized spacial score (nSPS) is 16.3. The second kappa shape index (κ2) is 5.59. The molecule has 1 saturated heterocycles. The van der Waals surface area contributed by atoms with E-state index in [0.717, 1.165) is 25.9 Å². The lowest BCUT2D eigenvalue weighted by Crippen LogP contribution is -2.50. The van der Waals surface area contributed by atoms with E-state index in [1.54, 1.807) is 26.0 Å². The first-order valence-corrected chi connectivity index (χ1v) is 6.73. The van der Waals surface area contributed by atoms with Crippen molar-refractivity contribution >= 4 is 5.91 Å². The van der Waals surface area contributed by atoms with Crippen LogP contribution < -0.4 is 4.74 Å². The molecule has 0 aliphatic carbocycles. The predicted molar refractivity (Wildman–Crippen MR) is 71.5 cm³/mol. The molecule has 1 aromatic carbocycles. The minimum absolute atomic E-state index is 0.00322. The zero-order chi connectivity index (χ0) is 13.9. The molecule has 3 nitrogen and oxygen atoms in total. The summed E-state index contributed by atoms with van der Waals surface area (Å²) >= 11 is 0. The van der Waals surface area contributed by atoms with Crippen molar-refractivity contribution in [3.05, 3.63) is 30.1 Å². The summed E-state index contributed by atoms with van der Waals surface area (Å²) in [7, 11) is 0. The van der Waals surface area contributed by atoms with Gasteiger partial charge >= 0.3 is 0 Å². The van der Waals surface area contributed by atoms with Gasteiger partial charge in [0.15, 0.2) is 5.60 Å². The number of ether oxygens (including phenoxy) is 1. The topological polar surface area (TPSA) is 29.5 Å². The summed E-state index contributed by atoms with van der Waals surface area (Å²) in [6.45, 7) is 5.12. The van der Waals surface area contributed by atoms with E-state index in [0.29, 0.717) is 5.75 Å². The van der Waals surface area contributed by atoms with Gasteiger partial charge in [-0.1, -0.05) is 0 Å². The zero-order valence-corrected chi connectivity index (χ0v) is 11.5. The van der Waals surface area contributed by atoms with Crippen molar-refractivity contribution in [3.63, 3.8) is 0 Å². The number of benzene rings is 1. The standard InChI is InChI=1S/C15H20FNO2/c1-15(2,14(18)17-10-4-3-5-11-17)19-13-8-6-12(16)7-9-13/h6-9H,3-5,10-11H2,1-2H3. The quantitative estimate of drug-likeness (QED) is 0.841. The Labute approximate surface area is 113 Å². The first-order valence-electron chi connectivity index (χ1n) is 6.73. The molecule has 1 aliphatic rings. The highest BCUT2D eigenvalue weighted by Crippen LogP contribution is 2.22. The third kappa shape index (κ3) is 3.46. The minimum Gasteiger partial charge on any atom is -0.478 e. The molecule has 0 bridgehead atoms. The summed E-state index contributed by atoms with van der Waals surface area (Å²) < 4.78 is 18.6. The fourth-order valence-corrected chi connectivity index (χ4v) is 2.32. The summed E-state index contributed by atoms with van der Waals surface area (Å²) in [6.07, 6.45) is 3.29. The van der Waals surface area contributed by atoms with Gasteiger partial charge < -0.3 is 9.64 Å². The number of likely N-dealkylation sites (tertiary alicyclic amines) is 1. The van der Waals surface area contributed by atoms with Gasteiger partial charge in [0.05, 0.1) is 0 Å². The van der Waals surface area contributed by atoms with Crippen LogP contribution in [0.4, 0.5) is 4.39 Å². The number of hydrogen-bond acceptors (Lipinski definition) is 2. The van der Waals surface area contributed by atoms with Gasteiger partial charge in [0.25, 0.3) is 5.91 Å². The molecule has 1 fully saturated rings. The lowest BCUT2D eigenvalue weighted by molar-refractivity contribution is -0.146. The lowest BCUT2D eigenvalue weighted by Gasteiger charge is -2.34. The molecule has 1 heterocycles. The second-order valence-electron chi connectivity index (χ2n) is 5.42. The number of carbonyl (C=O) groups excluding carboxylic acids is 1. The maximum atomic E-state index is 12.8. The molecule has 0 radical (unpaired) electrons. The SMILES string of the molecule is CC(C)(Oc1ccc(F)cc1)C(=O)N1CCCCC1. The van der Waals surface area contributed by atoms with Gasteiger partial charge in [-0.25, -0.2) is 4.39 Å². The van der Waals surface area contributed by atoms with Crippen molar-refractivity contribution in [1.29, 1.82) is 0 Å². The Morgan fingerprint density at radius 3 is 2.32 bits per heavy atom. The van der Waals surface area contributed by atoms with Crippen molar-refractivity contribution in [2.45, 2.75) is 38.7 Å². The van der Waals surface area contributed by atoms with Crippen LogP contribution in [-0.2, 0) is 4.79 Å². The van der Waals surface area contributed by atoms with Crippen LogP contribution in [0.2, 0.25) is 0 Å². The summed E-state index contributed by atoms with van der Waals surface area (Å²) in [5, 5.41) is 0. The number of rotatable bonds is 3. The molecule has 2 rings (SSSR count). The Morgan fingerprint density at radius 1 is 1.16 bits per heavy atom. The summed E-state index contributed by atoms with van der Waals surface area (Å²) in [5.74, 6) is 0.195. The smallest absolute Gasteiger partial charge is 0.266 e. The highest BCUT2D eigenvalue weighted by atomic mass is 19.1. The molecule has 4 heteroatoms. The van der Waals surface area contributed by atoms with Gasteiger partial charge in [-0.2, -0.15) is 0 Å². The number of amides is 1. The van der Waals surface area contributed by atoms with Gasteiger partial charge in [-0.15, -0.1) is 0 Å². The zero-order valence-electron chi connectivity index (χ0n) is 11.5. The molecule has 1 aliphatic heterocycles. The minimum atomic E-state index is -0.921. The molecular formula is C15H20FNO2. The average Bonchev–Trinajstić information content (AvgIpc) is 2.41. The van der Waals surface area contributed by atoms with E-state index in [1.807, 2.05) is 4.90 Å². The summed E-state index contributed by atoms with van der Waals surface area (Å²) in [5.41, 5.74) is -0.921. The van der Waals surface area contributed by atoms with Gasteiger partial charge in [0.1, 0.15) is 11.6 Å². The molecule has 104 valence electrons. The Morgan fingerprint density at radius 2 is 1.74 bits per heavy atom. The number of halogens is 1. The Hall–Kier alpha value is -1.58. The number of nitrogens with zero attached hydrogens (tertiary/aromatic N) is 1. The van der Waals surface area contributed by atoms with Gasteiger partial charge in [0.2, 0.25) is 0 Å². The van der Waals surface area contributed by atoms with Crippen molar-refractivity contribution < 1.29 is 13.9 Å². The van der Waals surface area contributed by atoms with E-state index in [1.165, 1.54) is 18.6 Å². The van der Waals surface area contributed by atoms with E-state index in [-0.39, 0.29) is 11.7 Å². The van der Waals surface area contributed by atoms with Gasteiger partial charge in [-0.05, 0) is 57.4 Å². The van der Waals surface area contributed by atoms with Crippen molar-refractivity contribution in [2.75, 3.05) is 13.1 Å². The molecule has 19 heavy (non-hydrogen) atoms. The van der Waals surface area contributed by atoms with Crippen LogP contribution in [0.15, 0.2) is 24.3 Å². The van der Waals surface area contributed by atoms with Gasteiger partial charge in [-0.3, -0.25) is 4.79 Å². The molecule has 1 amide bonds. The maximum absolute atomic E-state index is 12.8. The van der Waals surface area contributed by atoms with Crippen LogP contribution in [0.25, 0.3) is 0 Å². The van der Waals surface area contributed by atoms with E-state index in [9.17, 15) is 9.18 Å². The molecule has 0 spiro atoms. The summed E-state index contributed by atoms with van der Waals surface area (Å²) in [4.78, 5) is 14.3. The van der Waals surface area contributed by atoms with Crippen LogP contribution in [0.5, 0.6) is 5.75 Å². The molecular weight excluding hydrogens is 245 g/mol. The molecule has 0 atom stereocenters. The highest BCUT2D eigenvalue weighted by Gasteiger charge is 2.34. The van der Waals surface area contributed by atoms with Crippen molar-refractivity contribution in [3.8, 4) is 5.75 Å².